The van der Waals surface area contributed by atoms with Crippen molar-refractivity contribution in [2.75, 3.05) is 13.1 Å². The molecule has 0 heterocycles. The standard InChI is InChI=1S/C18H28N2O/c1-7-20(17(21)15-8-9-15)12-18(6,14(4)5)10-16(11-19)13(2)3/h10,14-15H,2,7-9,12H2,1,3-6H3/b16-10-. The zero-order valence-electron chi connectivity index (χ0n) is 14.1. The Bertz CT molecular complexity index is 480. The lowest BCUT2D eigenvalue weighted by atomic mass is 9.76. The third-order valence-electron chi connectivity index (χ3n) is 4.52. The summed E-state index contributed by atoms with van der Waals surface area (Å²) in [4.78, 5) is 14.3. The fraction of sp³-hybridized carbons (Fsp3) is 0.667. The lowest BCUT2D eigenvalue weighted by molar-refractivity contribution is -0.133. The highest BCUT2D eigenvalue weighted by atomic mass is 16.2. The largest absolute Gasteiger partial charge is 0.342 e. The van der Waals surface area contributed by atoms with E-state index in [2.05, 4.69) is 33.4 Å². The van der Waals surface area contributed by atoms with Crippen LogP contribution in [-0.4, -0.2) is 23.9 Å². The van der Waals surface area contributed by atoms with Crippen LogP contribution < -0.4 is 0 Å². The Hall–Kier alpha value is -1.56. The van der Waals surface area contributed by atoms with E-state index in [1.54, 1.807) is 0 Å². The van der Waals surface area contributed by atoms with Gasteiger partial charge in [0, 0.05) is 24.4 Å². The molecule has 0 aromatic carbocycles. The molecule has 0 bridgehead atoms. The molecule has 21 heavy (non-hydrogen) atoms. The Morgan fingerprint density at radius 2 is 2.10 bits per heavy atom. The van der Waals surface area contributed by atoms with E-state index in [0.717, 1.165) is 25.0 Å². The van der Waals surface area contributed by atoms with E-state index in [1.165, 1.54) is 0 Å². The Balaban J connectivity index is 3.01. The molecular formula is C18H28N2O. The first kappa shape index (κ1) is 17.5. The smallest absolute Gasteiger partial charge is 0.225 e. The van der Waals surface area contributed by atoms with Crippen molar-refractivity contribution in [3.05, 3.63) is 23.8 Å². The van der Waals surface area contributed by atoms with Gasteiger partial charge in [0.15, 0.2) is 0 Å². The minimum atomic E-state index is -0.218. The third kappa shape index (κ3) is 4.46. The number of rotatable bonds is 7. The van der Waals surface area contributed by atoms with Gasteiger partial charge in [-0.15, -0.1) is 0 Å². The van der Waals surface area contributed by atoms with Crippen LogP contribution in [0.5, 0.6) is 0 Å². The molecule has 1 aliphatic rings. The summed E-state index contributed by atoms with van der Waals surface area (Å²) in [5.74, 6) is 0.842. The minimum absolute atomic E-state index is 0.218. The fourth-order valence-electron chi connectivity index (χ4n) is 2.32. The van der Waals surface area contributed by atoms with Gasteiger partial charge in [0.05, 0.1) is 11.6 Å². The van der Waals surface area contributed by atoms with E-state index in [1.807, 2.05) is 24.8 Å². The third-order valence-corrected chi connectivity index (χ3v) is 4.52. The molecule has 3 nitrogen and oxygen atoms in total. The molecule has 116 valence electrons. The van der Waals surface area contributed by atoms with Crippen molar-refractivity contribution in [2.45, 2.75) is 47.5 Å². The van der Waals surface area contributed by atoms with Gasteiger partial charge in [-0.05, 0) is 38.2 Å². The molecule has 0 saturated heterocycles. The van der Waals surface area contributed by atoms with E-state index >= 15 is 0 Å². The maximum Gasteiger partial charge on any atom is 0.225 e. The summed E-state index contributed by atoms with van der Waals surface area (Å²) in [6, 6.07) is 2.23. The van der Waals surface area contributed by atoms with E-state index in [9.17, 15) is 10.1 Å². The monoisotopic (exact) mass is 288 g/mol. The van der Waals surface area contributed by atoms with Crippen molar-refractivity contribution in [3.63, 3.8) is 0 Å². The summed E-state index contributed by atoms with van der Waals surface area (Å²) in [7, 11) is 0. The van der Waals surface area contributed by atoms with Crippen LogP contribution in [0.4, 0.5) is 0 Å². The molecule has 0 aliphatic heterocycles. The van der Waals surface area contributed by atoms with Crippen LogP contribution in [0.15, 0.2) is 23.8 Å². The Kier molecular flexibility index (Phi) is 5.78. The van der Waals surface area contributed by atoms with Crippen molar-refractivity contribution in [1.82, 2.24) is 4.90 Å². The number of carbonyl (C=O) groups excluding carboxylic acids is 1. The van der Waals surface area contributed by atoms with Crippen LogP contribution in [0.1, 0.15) is 47.5 Å². The molecule has 1 rings (SSSR count). The van der Waals surface area contributed by atoms with Gasteiger partial charge < -0.3 is 4.90 Å². The number of amides is 1. The Labute approximate surface area is 129 Å². The molecule has 1 aliphatic carbocycles. The van der Waals surface area contributed by atoms with Gasteiger partial charge in [-0.1, -0.05) is 33.4 Å². The van der Waals surface area contributed by atoms with Crippen LogP contribution in [0, 0.1) is 28.6 Å². The fourth-order valence-corrected chi connectivity index (χ4v) is 2.32. The SMILES string of the molecule is C=C(C)/C(C#N)=C\C(C)(CN(CC)C(=O)C1CC1)C(C)C. The molecule has 1 amide bonds. The molecule has 0 aromatic heterocycles. The summed E-state index contributed by atoms with van der Waals surface area (Å²) in [5, 5.41) is 9.28. The minimum Gasteiger partial charge on any atom is -0.342 e. The molecule has 3 heteroatoms. The number of hydrogen-bond donors (Lipinski definition) is 0. The van der Waals surface area contributed by atoms with Gasteiger partial charge in [-0.25, -0.2) is 0 Å². The lowest BCUT2D eigenvalue weighted by Gasteiger charge is -2.36. The van der Waals surface area contributed by atoms with Crippen molar-refractivity contribution in [3.8, 4) is 6.07 Å². The first-order valence-electron chi connectivity index (χ1n) is 7.82. The molecule has 1 saturated carbocycles. The maximum absolute atomic E-state index is 12.3. The zero-order chi connectivity index (χ0) is 16.2. The van der Waals surface area contributed by atoms with E-state index in [4.69, 9.17) is 0 Å². The Morgan fingerprint density at radius 3 is 2.43 bits per heavy atom. The maximum atomic E-state index is 12.3. The van der Waals surface area contributed by atoms with Crippen molar-refractivity contribution < 1.29 is 4.79 Å². The normalized spacial score (nSPS) is 18.0. The van der Waals surface area contributed by atoms with Crippen LogP contribution in [0.2, 0.25) is 0 Å². The number of carbonyl (C=O) groups is 1. The lowest BCUT2D eigenvalue weighted by Crippen LogP contribution is -2.42. The first-order chi connectivity index (χ1) is 9.75. The van der Waals surface area contributed by atoms with Crippen LogP contribution in [-0.2, 0) is 4.79 Å². The summed E-state index contributed by atoms with van der Waals surface area (Å²) in [6.07, 6.45) is 4.06. The molecule has 0 radical (unpaired) electrons. The van der Waals surface area contributed by atoms with Gasteiger partial charge in [0.25, 0.3) is 0 Å². The van der Waals surface area contributed by atoms with Crippen LogP contribution in [0.25, 0.3) is 0 Å². The Morgan fingerprint density at radius 1 is 1.52 bits per heavy atom. The predicted octanol–water partition coefficient (Wildman–Crippen LogP) is 3.93. The highest BCUT2D eigenvalue weighted by Crippen LogP contribution is 2.35. The molecule has 1 unspecified atom stereocenters. The van der Waals surface area contributed by atoms with E-state index < -0.39 is 0 Å². The van der Waals surface area contributed by atoms with Gasteiger partial charge in [0.2, 0.25) is 5.91 Å². The number of nitriles is 1. The molecule has 1 atom stereocenters. The second-order valence-corrected chi connectivity index (χ2v) is 6.74. The van der Waals surface area contributed by atoms with Gasteiger partial charge in [0.1, 0.15) is 0 Å². The second-order valence-electron chi connectivity index (χ2n) is 6.74. The van der Waals surface area contributed by atoms with Crippen LogP contribution in [0.3, 0.4) is 0 Å². The molecule has 0 N–H and O–H groups in total. The summed E-state index contributed by atoms with van der Waals surface area (Å²) < 4.78 is 0. The quantitative estimate of drug-likeness (QED) is 0.526. The second kappa shape index (κ2) is 6.93. The van der Waals surface area contributed by atoms with E-state index in [0.29, 0.717) is 18.0 Å². The predicted molar refractivity (Wildman–Crippen MR) is 86.4 cm³/mol. The first-order valence-corrected chi connectivity index (χ1v) is 7.82. The van der Waals surface area contributed by atoms with Gasteiger partial charge in [-0.2, -0.15) is 5.26 Å². The molecule has 0 aromatic rings. The van der Waals surface area contributed by atoms with Crippen molar-refractivity contribution in [2.24, 2.45) is 17.3 Å². The summed E-state index contributed by atoms with van der Waals surface area (Å²) in [6.45, 7) is 15.5. The average molecular weight is 288 g/mol. The topological polar surface area (TPSA) is 44.1 Å². The highest BCUT2D eigenvalue weighted by molar-refractivity contribution is 5.81. The van der Waals surface area contributed by atoms with Gasteiger partial charge >= 0.3 is 0 Å². The van der Waals surface area contributed by atoms with Crippen LogP contribution >= 0.6 is 0 Å². The molecule has 1 fully saturated rings. The number of allylic oxidation sites excluding steroid dienone is 2. The summed E-state index contributed by atoms with van der Waals surface area (Å²) in [5.41, 5.74) is 1.19. The van der Waals surface area contributed by atoms with Gasteiger partial charge in [-0.3, -0.25) is 4.79 Å². The number of hydrogen-bond acceptors (Lipinski definition) is 2. The summed E-state index contributed by atoms with van der Waals surface area (Å²) >= 11 is 0. The zero-order valence-corrected chi connectivity index (χ0v) is 14.1. The average Bonchev–Trinajstić information content (AvgIpc) is 3.25. The van der Waals surface area contributed by atoms with E-state index in [-0.39, 0.29) is 17.2 Å². The van der Waals surface area contributed by atoms with Crippen molar-refractivity contribution >= 4 is 5.91 Å². The molecule has 0 spiro atoms. The highest BCUT2D eigenvalue weighted by Gasteiger charge is 2.36. The molecular weight excluding hydrogens is 260 g/mol. The van der Waals surface area contributed by atoms with Crippen molar-refractivity contribution in [1.29, 1.82) is 5.26 Å². The number of nitrogens with zero attached hydrogens (tertiary/aromatic N) is 2.